The third kappa shape index (κ3) is 2.61. The number of amides is 1. The Balaban J connectivity index is 1.84. The van der Waals surface area contributed by atoms with Gasteiger partial charge in [0.05, 0.1) is 23.8 Å². The van der Waals surface area contributed by atoms with Crippen LogP contribution in [-0.4, -0.2) is 48.5 Å². The van der Waals surface area contributed by atoms with Crippen LogP contribution in [0.3, 0.4) is 0 Å². The average molecular weight is 352 g/mol. The number of imidazole rings is 1. The Labute approximate surface area is 150 Å². The van der Waals surface area contributed by atoms with E-state index in [1.807, 2.05) is 18.3 Å². The first-order valence-electron chi connectivity index (χ1n) is 8.77. The summed E-state index contributed by atoms with van der Waals surface area (Å²) in [5.74, 6) is 0.434. The summed E-state index contributed by atoms with van der Waals surface area (Å²) in [7, 11) is 0. The number of fused-ring (bicyclic) bond motifs is 3. The van der Waals surface area contributed by atoms with Crippen LogP contribution in [0.4, 0.5) is 0 Å². The number of aliphatic hydroxyl groups is 1. The van der Waals surface area contributed by atoms with E-state index >= 15 is 0 Å². The number of likely N-dealkylation sites (tertiary alicyclic amines) is 1. The topological polar surface area (TPSA) is 111 Å². The van der Waals surface area contributed by atoms with Crippen molar-refractivity contribution in [2.45, 2.75) is 38.3 Å². The van der Waals surface area contributed by atoms with E-state index in [1.165, 1.54) is 0 Å². The lowest BCUT2D eigenvalue weighted by molar-refractivity contribution is -0.131. The number of hydrogen-bond donors (Lipinski definition) is 2. The largest absolute Gasteiger partial charge is 0.385 e. The summed E-state index contributed by atoms with van der Waals surface area (Å²) in [6.45, 7) is 2.87. The summed E-state index contributed by atoms with van der Waals surface area (Å²) < 4.78 is 2.06. The standard InChI is InChI=1S/C18H20N6O2/c1-11(25)18-22-14-9-21-17-13(5-7-20-17)16(14)24(18)12-3-2-8-23(10-12)15(26)4-6-19/h5,7,9,11-12,25H,2-4,8,10H2,1H3,(H,20,21)/t11-,12+/m0/s1. The highest BCUT2D eigenvalue weighted by Crippen LogP contribution is 2.33. The third-order valence-electron chi connectivity index (χ3n) is 4.98. The number of pyridine rings is 1. The van der Waals surface area contributed by atoms with E-state index in [4.69, 9.17) is 5.26 Å². The minimum atomic E-state index is -0.735. The second-order valence-corrected chi connectivity index (χ2v) is 6.72. The number of nitrogens with one attached hydrogen (secondary N) is 1. The zero-order chi connectivity index (χ0) is 18.3. The van der Waals surface area contributed by atoms with Crippen molar-refractivity contribution in [1.29, 1.82) is 5.26 Å². The zero-order valence-electron chi connectivity index (χ0n) is 14.5. The van der Waals surface area contributed by atoms with Gasteiger partial charge in [-0.25, -0.2) is 9.97 Å². The fourth-order valence-electron chi connectivity index (χ4n) is 3.85. The predicted octanol–water partition coefficient (Wildman–Crippen LogP) is 2.04. The third-order valence-corrected chi connectivity index (χ3v) is 4.98. The van der Waals surface area contributed by atoms with E-state index in [2.05, 4.69) is 19.5 Å². The molecule has 4 heterocycles. The monoisotopic (exact) mass is 352 g/mol. The van der Waals surface area contributed by atoms with Crippen molar-refractivity contribution in [3.63, 3.8) is 0 Å². The van der Waals surface area contributed by atoms with Gasteiger partial charge in [0.2, 0.25) is 5.91 Å². The van der Waals surface area contributed by atoms with Crippen molar-refractivity contribution >= 4 is 28.0 Å². The molecule has 1 aliphatic heterocycles. The number of nitriles is 1. The molecule has 1 amide bonds. The van der Waals surface area contributed by atoms with E-state index in [9.17, 15) is 9.90 Å². The molecule has 0 aromatic carbocycles. The summed E-state index contributed by atoms with van der Waals surface area (Å²) in [5, 5.41) is 20.0. The highest BCUT2D eigenvalue weighted by Gasteiger charge is 2.29. The summed E-state index contributed by atoms with van der Waals surface area (Å²) in [6.07, 6.45) is 4.43. The maximum Gasteiger partial charge on any atom is 0.236 e. The molecule has 134 valence electrons. The number of aromatic nitrogens is 4. The van der Waals surface area contributed by atoms with E-state index < -0.39 is 6.10 Å². The van der Waals surface area contributed by atoms with E-state index in [0.29, 0.717) is 18.9 Å². The summed E-state index contributed by atoms with van der Waals surface area (Å²) >= 11 is 0. The van der Waals surface area contributed by atoms with Crippen molar-refractivity contribution in [1.82, 2.24) is 24.4 Å². The molecule has 26 heavy (non-hydrogen) atoms. The lowest BCUT2D eigenvalue weighted by atomic mass is 10.0. The minimum absolute atomic E-state index is 0.00138. The first-order chi connectivity index (χ1) is 12.6. The molecule has 2 atom stereocenters. The molecule has 8 heteroatoms. The highest BCUT2D eigenvalue weighted by atomic mass is 16.3. The first kappa shape index (κ1) is 16.5. The van der Waals surface area contributed by atoms with Crippen LogP contribution in [-0.2, 0) is 4.79 Å². The summed E-state index contributed by atoms with van der Waals surface area (Å²) in [6, 6.07) is 3.89. The zero-order valence-corrected chi connectivity index (χ0v) is 14.5. The second kappa shape index (κ2) is 6.42. The van der Waals surface area contributed by atoms with Gasteiger partial charge < -0.3 is 19.6 Å². The molecule has 4 rings (SSSR count). The van der Waals surface area contributed by atoms with E-state index in [-0.39, 0.29) is 18.4 Å². The second-order valence-electron chi connectivity index (χ2n) is 6.72. The fourth-order valence-corrected chi connectivity index (χ4v) is 3.85. The van der Waals surface area contributed by atoms with Crippen molar-refractivity contribution < 1.29 is 9.90 Å². The van der Waals surface area contributed by atoms with Crippen LogP contribution in [0.5, 0.6) is 0 Å². The average Bonchev–Trinajstić information content (AvgIpc) is 3.25. The molecule has 0 spiro atoms. The van der Waals surface area contributed by atoms with Gasteiger partial charge in [0.15, 0.2) is 0 Å². The Kier molecular flexibility index (Phi) is 4.09. The predicted molar refractivity (Wildman–Crippen MR) is 95.1 cm³/mol. The Morgan fingerprint density at radius 3 is 3.19 bits per heavy atom. The van der Waals surface area contributed by atoms with Crippen molar-refractivity contribution in [2.24, 2.45) is 0 Å². The lowest BCUT2D eigenvalue weighted by Crippen LogP contribution is -2.40. The number of rotatable bonds is 3. The number of aliphatic hydroxyl groups excluding tert-OH is 1. The molecule has 1 saturated heterocycles. The van der Waals surface area contributed by atoms with Gasteiger partial charge in [0.1, 0.15) is 29.5 Å². The van der Waals surface area contributed by atoms with Crippen LogP contribution in [0.1, 0.15) is 44.2 Å². The molecule has 3 aromatic rings. The van der Waals surface area contributed by atoms with Crippen LogP contribution in [0.15, 0.2) is 18.5 Å². The Morgan fingerprint density at radius 1 is 1.58 bits per heavy atom. The van der Waals surface area contributed by atoms with Crippen molar-refractivity contribution in [2.75, 3.05) is 13.1 Å². The number of hydrogen-bond acceptors (Lipinski definition) is 5. The number of piperidine rings is 1. The van der Waals surface area contributed by atoms with Gasteiger partial charge in [0, 0.05) is 24.7 Å². The molecular formula is C18H20N6O2. The maximum absolute atomic E-state index is 12.2. The van der Waals surface area contributed by atoms with Crippen molar-refractivity contribution in [3.05, 3.63) is 24.3 Å². The molecule has 0 aliphatic carbocycles. The van der Waals surface area contributed by atoms with E-state index in [1.54, 1.807) is 18.0 Å². The Hall–Kier alpha value is -2.92. The molecule has 1 fully saturated rings. The molecule has 8 nitrogen and oxygen atoms in total. The molecular weight excluding hydrogens is 332 g/mol. The molecule has 3 aromatic heterocycles. The molecule has 2 N–H and O–H groups in total. The lowest BCUT2D eigenvalue weighted by Gasteiger charge is -2.34. The summed E-state index contributed by atoms with van der Waals surface area (Å²) in [4.78, 5) is 26.0. The fraction of sp³-hybridized carbons (Fsp3) is 0.444. The number of H-pyrrole nitrogens is 1. The van der Waals surface area contributed by atoms with E-state index in [0.717, 1.165) is 34.9 Å². The smallest absolute Gasteiger partial charge is 0.236 e. The highest BCUT2D eigenvalue weighted by molar-refractivity contribution is 6.01. The van der Waals surface area contributed by atoms with Gasteiger partial charge in [-0.15, -0.1) is 0 Å². The molecule has 1 aliphatic rings. The van der Waals surface area contributed by atoms with Gasteiger partial charge in [-0.1, -0.05) is 0 Å². The van der Waals surface area contributed by atoms with Crippen LogP contribution in [0, 0.1) is 11.3 Å². The van der Waals surface area contributed by atoms with Gasteiger partial charge in [-0.2, -0.15) is 5.26 Å². The number of nitrogens with zero attached hydrogens (tertiary/aromatic N) is 5. The van der Waals surface area contributed by atoms with Gasteiger partial charge in [-0.3, -0.25) is 4.79 Å². The molecule has 0 bridgehead atoms. The van der Waals surface area contributed by atoms with Crippen LogP contribution in [0.2, 0.25) is 0 Å². The summed E-state index contributed by atoms with van der Waals surface area (Å²) in [5.41, 5.74) is 2.42. The first-order valence-corrected chi connectivity index (χ1v) is 8.77. The number of carbonyl (C=O) groups is 1. The van der Waals surface area contributed by atoms with Gasteiger partial charge in [0.25, 0.3) is 0 Å². The molecule has 0 unspecified atom stereocenters. The van der Waals surface area contributed by atoms with Crippen LogP contribution >= 0.6 is 0 Å². The van der Waals surface area contributed by atoms with Crippen LogP contribution < -0.4 is 0 Å². The quantitative estimate of drug-likeness (QED) is 0.749. The normalized spacial score (nSPS) is 19.0. The molecule has 0 saturated carbocycles. The maximum atomic E-state index is 12.2. The SMILES string of the molecule is C[C@H](O)c1nc2cnc3[nH]ccc3c2n1[C@@H]1CCCN(C(=O)CC#N)C1. The molecule has 0 radical (unpaired) electrons. The Morgan fingerprint density at radius 2 is 2.42 bits per heavy atom. The number of carbonyl (C=O) groups excluding carboxylic acids is 1. The van der Waals surface area contributed by atoms with Gasteiger partial charge in [-0.05, 0) is 25.8 Å². The minimum Gasteiger partial charge on any atom is -0.385 e. The van der Waals surface area contributed by atoms with Crippen LogP contribution in [0.25, 0.3) is 22.1 Å². The Bertz CT molecular complexity index is 1010. The van der Waals surface area contributed by atoms with Gasteiger partial charge >= 0.3 is 0 Å². The van der Waals surface area contributed by atoms with Crippen molar-refractivity contribution in [3.8, 4) is 6.07 Å². The number of aromatic amines is 1.